The molecule has 0 saturated carbocycles. The molecule has 1 rings (SSSR count). The maximum atomic E-state index is 10.8. The van der Waals surface area contributed by atoms with E-state index in [1.165, 1.54) is 6.26 Å². The van der Waals surface area contributed by atoms with Crippen LogP contribution in [-0.2, 0) is 6.42 Å². The van der Waals surface area contributed by atoms with E-state index in [9.17, 15) is 4.79 Å². The lowest BCUT2D eigenvalue weighted by atomic mass is 10.0. The van der Waals surface area contributed by atoms with E-state index in [4.69, 9.17) is 5.73 Å². The number of nitrogens with two attached hydrogens (primary N) is 1. The lowest BCUT2D eigenvalue weighted by Crippen LogP contribution is -2.12. The van der Waals surface area contributed by atoms with Gasteiger partial charge in [-0.1, -0.05) is 19.0 Å². The smallest absolute Gasteiger partial charge is 0.253 e. The van der Waals surface area contributed by atoms with E-state index in [1.807, 2.05) is 0 Å². The summed E-state index contributed by atoms with van der Waals surface area (Å²) in [4.78, 5) is 10.8. The predicted molar refractivity (Wildman–Crippen MR) is 48.2 cm³/mol. The van der Waals surface area contributed by atoms with Crippen LogP contribution >= 0.6 is 0 Å². The molecule has 4 nitrogen and oxygen atoms in total. The van der Waals surface area contributed by atoms with Gasteiger partial charge in [0.25, 0.3) is 5.91 Å². The van der Waals surface area contributed by atoms with Crippen LogP contribution in [0.4, 0.5) is 0 Å². The Hall–Kier alpha value is -1.32. The number of aryl methyl sites for hydroxylation is 1. The van der Waals surface area contributed by atoms with Crippen molar-refractivity contribution in [2.75, 3.05) is 0 Å². The molecular formula is C9H14N2O2. The molecule has 0 radical (unpaired) electrons. The van der Waals surface area contributed by atoms with Gasteiger partial charge in [0.05, 0.1) is 5.69 Å². The lowest BCUT2D eigenvalue weighted by Gasteiger charge is -2.01. The Kier molecular flexibility index (Phi) is 3.06. The van der Waals surface area contributed by atoms with Gasteiger partial charge < -0.3 is 10.3 Å². The summed E-state index contributed by atoms with van der Waals surface area (Å²) in [6.45, 7) is 4.23. The largest absolute Gasteiger partial charge is 0.365 e. The van der Waals surface area contributed by atoms with Gasteiger partial charge in [-0.25, -0.2) is 0 Å². The van der Waals surface area contributed by atoms with Gasteiger partial charge in [0, 0.05) is 0 Å². The second-order valence-corrected chi connectivity index (χ2v) is 3.47. The summed E-state index contributed by atoms with van der Waals surface area (Å²) in [7, 11) is 0. The molecule has 0 aliphatic heterocycles. The number of nitrogens with zero attached hydrogens (tertiary/aromatic N) is 1. The Morgan fingerprint density at radius 3 is 2.92 bits per heavy atom. The van der Waals surface area contributed by atoms with Crippen molar-refractivity contribution in [3.63, 3.8) is 0 Å². The average molecular weight is 182 g/mol. The SMILES string of the molecule is CC(C)CCc1nocc1C(N)=O. The Morgan fingerprint density at radius 1 is 1.69 bits per heavy atom. The monoisotopic (exact) mass is 182 g/mol. The molecule has 1 aromatic rings. The summed E-state index contributed by atoms with van der Waals surface area (Å²) in [6, 6.07) is 0. The van der Waals surface area contributed by atoms with Gasteiger partial charge >= 0.3 is 0 Å². The maximum absolute atomic E-state index is 10.8. The fraction of sp³-hybridized carbons (Fsp3) is 0.556. The third-order valence-electron chi connectivity index (χ3n) is 1.87. The second-order valence-electron chi connectivity index (χ2n) is 3.47. The van der Waals surface area contributed by atoms with E-state index < -0.39 is 5.91 Å². The third-order valence-corrected chi connectivity index (χ3v) is 1.87. The van der Waals surface area contributed by atoms with Crippen LogP contribution in [0.3, 0.4) is 0 Å². The number of carbonyl (C=O) groups excluding carboxylic acids is 1. The molecule has 0 bridgehead atoms. The standard InChI is InChI=1S/C9H14N2O2/c1-6(2)3-4-8-7(9(10)12)5-13-11-8/h5-6H,3-4H2,1-2H3,(H2,10,12). The van der Waals surface area contributed by atoms with Crippen LogP contribution in [0.15, 0.2) is 10.8 Å². The van der Waals surface area contributed by atoms with Crippen molar-refractivity contribution in [3.05, 3.63) is 17.5 Å². The van der Waals surface area contributed by atoms with Crippen molar-refractivity contribution < 1.29 is 9.32 Å². The summed E-state index contributed by atoms with van der Waals surface area (Å²) in [5, 5.41) is 3.73. The van der Waals surface area contributed by atoms with Crippen LogP contribution in [0.5, 0.6) is 0 Å². The summed E-state index contributed by atoms with van der Waals surface area (Å²) in [5.41, 5.74) is 6.20. The number of hydrogen-bond acceptors (Lipinski definition) is 3. The molecule has 0 aliphatic rings. The molecule has 1 amide bonds. The molecule has 0 atom stereocenters. The van der Waals surface area contributed by atoms with Crippen molar-refractivity contribution >= 4 is 5.91 Å². The molecule has 0 aliphatic carbocycles. The van der Waals surface area contributed by atoms with Crippen LogP contribution in [0, 0.1) is 5.92 Å². The Bertz CT molecular complexity index is 292. The van der Waals surface area contributed by atoms with Gasteiger partial charge in [0.2, 0.25) is 0 Å². The fourth-order valence-electron chi connectivity index (χ4n) is 1.07. The minimum absolute atomic E-state index is 0.403. The Morgan fingerprint density at radius 2 is 2.38 bits per heavy atom. The van der Waals surface area contributed by atoms with Crippen LogP contribution in [-0.4, -0.2) is 11.1 Å². The first kappa shape index (κ1) is 9.77. The zero-order chi connectivity index (χ0) is 9.84. The highest BCUT2D eigenvalue weighted by Gasteiger charge is 2.12. The zero-order valence-corrected chi connectivity index (χ0v) is 7.91. The first-order valence-corrected chi connectivity index (χ1v) is 4.34. The van der Waals surface area contributed by atoms with E-state index in [-0.39, 0.29) is 0 Å². The molecule has 0 spiro atoms. The van der Waals surface area contributed by atoms with Gasteiger partial charge in [-0.15, -0.1) is 0 Å². The van der Waals surface area contributed by atoms with Crippen molar-refractivity contribution in [2.45, 2.75) is 26.7 Å². The van der Waals surface area contributed by atoms with Crippen LogP contribution in [0.1, 0.15) is 36.3 Å². The van der Waals surface area contributed by atoms with Gasteiger partial charge in [0.1, 0.15) is 11.8 Å². The third kappa shape index (κ3) is 2.57. The minimum atomic E-state index is -0.472. The Labute approximate surface area is 77.1 Å². The summed E-state index contributed by atoms with van der Waals surface area (Å²) >= 11 is 0. The van der Waals surface area contributed by atoms with Crippen LogP contribution in [0.2, 0.25) is 0 Å². The molecule has 1 aromatic heterocycles. The van der Waals surface area contributed by atoms with Crippen molar-refractivity contribution in [1.29, 1.82) is 0 Å². The minimum Gasteiger partial charge on any atom is -0.365 e. The quantitative estimate of drug-likeness (QED) is 0.764. The van der Waals surface area contributed by atoms with Crippen molar-refractivity contribution in [3.8, 4) is 0 Å². The maximum Gasteiger partial charge on any atom is 0.253 e. The van der Waals surface area contributed by atoms with E-state index in [0.29, 0.717) is 17.2 Å². The average Bonchev–Trinajstić information content (AvgIpc) is 2.47. The molecule has 72 valence electrons. The molecule has 13 heavy (non-hydrogen) atoms. The number of carbonyl (C=O) groups is 1. The number of rotatable bonds is 4. The van der Waals surface area contributed by atoms with Crippen LogP contribution in [0.25, 0.3) is 0 Å². The van der Waals surface area contributed by atoms with Crippen molar-refractivity contribution in [1.82, 2.24) is 5.16 Å². The first-order valence-electron chi connectivity index (χ1n) is 4.34. The molecule has 4 heteroatoms. The number of aromatic nitrogens is 1. The highest BCUT2D eigenvalue weighted by atomic mass is 16.5. The van der Waals surface area contributed by atoms with Gasteiger partial charge in [0.15, 0.2) is 0 Å². The summed E-state index contributed by atoms with van der Waals surface area (Å²) < 4.78 is 4.69. The number of hydrogen-bond donors (Lipinski definition) is 1. The van der Waals surface area contributed by atoms with E-state index in [1.54, 1.807) is 0 Å². The summed E-state index contributed by atoms with van der Waals surface area (Å²) in [6.07, 6.45) is 3.03. The highest BCUT2D eigenvalue weighted by Crippen LogP contribution is 2.11. The van der Waals surface area contributed by atoms with Gasteiger partial charge in [-0.05, 0) is 18.8 Å². The molecule has 0 unspecified atom stereocenters. The van der Waals surface area contributed by atoms with E-state index in [0.717, 1.165) is 12.8 Å². The molecule has 0 aromatic carbocycles. The predicted octanol–water partition coefficient (Wildman–Crippen LogP) is 1.36. The number of primary amides is 1. The van der Waals surface area contributed by atoms with Crippen molar-refractivity contribution in [2.24, 2.45) is 11.7 Å². The van der Waals surface area contributed by atoms with Gasteiger partial charge in [-0.3, -0.25) is 4.79 Å². The molecular weight excluding hydrogens is 168 g/mol. The molecule has 0 saturated heterocycles. The Balaban J connectivity index is 2.65. The topological polar surface area (TPSA) is 69.1 Å². The van der Waals surface area contributed by atoms with E-state index >= 15 is 0 Å². The normalized spacial score (nSPS) is 10.7. The highest BCUT2D eigenvalue weighted by molar-refractivity contribution is 5.93. The molecule has 2 N–H and O–H groups in total. The fourth-order valence-corrected chi connectivity index (χ4v) is 1.07. The number of amides is 1. The second kappa shape index (κ2) is 4.07. The first-order chi connectivity index (χ1) is 6.11. The van der Waals surface area contributed by atoms with Crippen LogP contribution < -0.4 is 5.73 Å². The summed E-state index contributed by atoms with van der Waals surface area (Å²) in [5.74, 6) is 0.109. The molecule has 0 fully saturated rings. The molecule has 1 heterocycles. The lowest BCUT2D eigenvalue weighted by molar-refractivity contribution is 0.0999. The van der Waals surface area contributed by atoms with E-state index in [2.05, 4.69) is 23.5 Å². The zero-order valence-electron chi connectivity index (χ0n) is 7.91. The van der Waals surface area contributed by atoms with Gasteiger partial charge in [-0.2, -0.15) is 0 Å².